The number of anilines is 1. The lowest BCUT2D eigenvalue weighted by Crippen LogP contribution is -2.28. The van der Waals surface area contributed by atoms with Crippen molar-refractivity contribution in [2.24, 2.45) is 0 Å². The van der Waals surface area contributed by atoms with Crippen LogP contribution in [0.1, 0.15) is 5.56 Å². The molecular formula is C17H17N3O2. The number of urea groups is 1. The molecule has 0 saturated carbocycles. The topological polar surface area (TPSA) is 66.2 Å². The zero-order valence-corrected chi connectivity index (χ0v) is 12.2. The molecule has 2 amide bonds. The Bertz CT molecular complexity index is 795. The SMILES string of the molecule is COc1ccccc1CNC(=O)Nc1c[nH]c2ccccc12. The van der Waals surface area contributed by atoms with Crippen LogP contribution in [-0.2, 0) is 6.54 Å². The van der Waals surface area contributed by atoms with Crippen LogP contribution in [0.15, 0.2) is 54.7 Å². The molecule has 0 radical (unpaired) electrons. The third kappa shape index (κ3) is 2.88. The van der Waals surface area contributed by atoms with Crippen LogP contribution in [0.5, 0.6) is 5.75 Å². The van der Waals surface area contributed by atoms with Gasteiger partial charge >= 0.3 is 6.03 Å². The molecule has 5 heteroatoms. The summed E-state index contributed by atoms with van der Waals surface area (Å²) in [5.41, 5.74) is 2.68. The Hall–Kier alpha value is -2.95. The number of fused-ring (bicyclic) bond motifs is 1. The zero-order chi connectivity index (χ0) is 15.4. The van der Waals surface area contributed by atoms with E-state index in [1.807, 2.05) is 48.5 Å². The third-order valence-corrected chi connectivity index (χ3v) is 3.47. The van der Waals surface area contributed by atoms with Crippen LogP contribution in [0.2, 0.25) is 0 Å². The Balaban J connectivity index is 1.65. The molecule has 3 N–H and O–H groups in total. The van der Waals surface area contributed by atoms with Crippen LogP contribution in [-0.4, -0.2) is 18.1 Å². The van der Waals surface area contributed by atoms with E-state index in [-0.39, 0.29) is 6.03 Å². The number of H-pyrrole nitrogens is 1. The maximum absolute atomic E-state index is 12.1. The maximum atomic E-state index is 12.1. The van der Waals surface area contributed by atoms with Crippen molar-refractivity contribution in [3.05, 3.63) is 60.3 Å². The van der Waals surface area contributed by atoms with Crippen molar-refractivity contribution in [3.8, 4) is 5.75 Å². The number of aromatic nitrogens is 1. The molecule has 1 aromatic heterocycles. The van der Waals surface area contributed by atoms with Crippen LogP contribution in [0.4, 0.5) is 10.5 Å². The lowest BCUT2D eigenvalue weighted by Gasteiger charge is -2.10. The van der Waals surface area contributed by atoms with E-state index in [1.54, 1.807) is 13.3 Å². The minimum atomic E-state index is -0.254. The van der Waals surface area contributed by atoms with Crippen molar-refractivity contribution >= 4 is 22.6 Å². The molecule has 112 valence electrons. The van der Waals surface area contributed by atoms with Gasteiger partial charge in [0, 0.05) is 29.2 Å². The van der Waals surface area contributed by atoms with Crippen LogP contribution in [0.3, 0.4) is 0 Å². The molecule has 0 atom stereocenters. The van der Waals surface area contributed by atoms with Crippen molar-refractivity contribution in [2.45, 2.75) is 6.54 Å². The maximum Gasteiger partial charge on any atom is 0.319 e. The summed E-state index contributed by atoms with van der Waals surface area (Å²) in [7, 11) is 1.62. The van der Waals surface area contributed by atoms with Gasteiger partial charge < -0.3 is 20.4 Å². The number of hydrogen-bond donors (Lipinski definition) is 3. The molecule has 0 aliphatic carbocycles. The monoisotopic (exact) mass is 295 g/mol. The van der Waals surface area contributed by atoms with Gasteiger partial charge in [-0.2, -0.15) is 0 Å². The number of hydrogen-bond acceptors (Lipinski definition) is 2. The second kappa shape index (κ2) is 6.22. The molecule has 22 heavy (non-hydrogen) atoms. The van der Waals surface area contributed by atoms with Crippen molar-refractivity contribution in [3.63, 3.8) is 0 Å². The summed E-state index contributed by atoms with van der Waals surface area (Å²) in [6.45, 7) is 0.401. The summed E-state index contributed by atoms with van der Waals surface area (Å²) in [5.74, 6) is 0.759. The Kier molecular flexibility index (Phi) is 3.96. The van der Waals surface area contributed by atoms with E-state index in [2.05, 4.69) is 15.6 Å². The number of rotatable bonds is 4. The molecule has 0 aliphatic rings. The standard InChI is InChI=1S/C17H17N3O2/c1-22-16-9-5-2-6-12(16)10-19-17(21)20-15-11-18-14-8-4-3-7-13(14)15/h2-9,11,18H,10H2,1H3,(H2,19,20,21). The van der Waals surface area contributed by atoms with E-state index >= 15 is 0 Å². The normalized spacial score (nSPS) is 10.4. The minimum absolute atomic E-state index is 0.254. The zero-order valence-electron chi connectivity index (χ0n) is 12.2. The molecule has 0 unspecified atom stereocenters. The third-order valence-electron chi connectivity index (χ3n) is 3.47. The van der Waals surface area contributed by atoms with Gasteiger partial charge in [-0.25, -0.2) is 4.79 Å². The van der Waals surface area contributed by atoms with Crippen molar-refractivity contribution in [1.82, 2.24) is 10.3 Å². The van der Waals surface area contributed by atoms with Crippen molar-refractivity contribution in [2.75, 3.05) is 12.4 Å². The summed E-state index contributed by atoms with van der Waals surface area (Å²) in [6, 6.07) is 15.2. The molecule has 0 fully saturated rings. The quantitative estimate of drug-likeness (QED) is 0.689. The van der Waals surface area contributed by atoms with Gasteiger partial charge in [-0.1, -0.05) is 36.4 Å². The smallest absolute Gasteiger partial charge is 0.319 e. The molecular weight excluding hydrogens is 278 g/mol. The van der Waals surface area contributed by atoms with E-state index in [1.165, 1.54) is 0 Å². The number of ether oxygens (including phenoxy) is 1. The van der Waals surface area contributed by atoms with Gasteiger partial charge in [0.05, 0.1) is 12.8 Å². The van der Waals surface area contributed by atoms with Crippen LogP contribution in [0.25, 0.3) is 10.9 Å². The van der Waals surface area contributed by atoms with Gasteiger partial charge in [0.1, 0.15) is 5.75 Å². The highest BCUT2D eigenvalue weighted by molar-refractivity contribution is 6.00. The van der Waals surface area contributed by atoms with Crippen LogP contribution < -0.4 is 15.4 Å². The van der Waals surface area contributed by atoms with Crippen LogP contribution >= 0.6 is 0 Å². The van der Waals surface area contributed by atoms with Gasteiger partial charge in [-0.3, -0.25) is 0 Å². The van der Waals surface area contributed by atoms with E-state index in [0.29, 0.717) is 6.54 Å². The van der Waals surface area contributed by atoms with E-state index in [9.17, 15) is 4.79 Å². The molecule has 3 aromatic rings. The molecule has 0 aliphatic heterocycles. The van der Waals surface area contributed by atoms with Crippen molar-refractivity contribution in [1.29, 1.82) is 0 Å². The fourth-order valence-electron chi connectivity index (χ4n) is 2.37. The first-order valence-electron chi connectivity index (χ1n) is 7.01. The molecule has 0 spiro atoms. The number of nitrogens with one attached hydrogen (secondary N) is 3. The van der Waals surface area contributed by atoms with Gasteiger partial charge in [-0.15, -0.1) is 0 Å². The predicted molar refractivity (Wildman–Crippen MR) is 87.2 cm³/mol. The average molecular weight is 295 g/mol. The summed E-state index contributed by atoms with van der Waals surface area (Å²) in [4.78, 5) is 15.2. The fraction of sp³-hybridized carbons (Fsp3) is 0.118. The van der Waals surface area contributed by atoms with E-state index < -0.39 is 0 Å². The first kappa shape index (κ1) is 14.0. The number of benzene rings is 2. The highest BCUT2D eigenvalue weighted by atomic mass is 16.5. The largest absolute Gasteiger partial charge is 0.496 e. The van der Waals surface area contributed by atoms with E-state index in [0.717, 1.165) is 27.9 Å². The number of methoxy groups -OCH3 is 1. The minimum Gasteiger partial charge on any atom is -0.496 e. The summed E-state index contributed by atoms with van der Waals surface area (Å²) in [6.07, 6.45) is 1.79. The van der Waals surface area contributed by atoms with Crippen molar-refractivity contribution < 1.29 is 9.53 Å². The Labute approximate surface area is 128 Å². The van der Waals surface area contributed by atoms with Gasteiger partial charge in [0.25, 0.3) is 0 Å². The molecule has 3 rings (SSSR count). The van der Waals surface area contributed by atoms with E-state index in [4.69, 9.17) is 4.74 Å². The lowest BCUT2D eigenvalue weighted by molar-refractivity contribution is 0.251. The average Bonchev–Trinajstić information content (AvgIpc) is 2.96. The van der Waals surface area contributed by atoms with Gasteiger partial charge in [0.2, 0.25) is 0 Å². The Morgan fingerprint density at radius 2 is 1.91 bits per heavy atom. The second-order valence-electron chi connectivity index (χ2n) is 4.87. The highest BCUT2D eigenvalue weighted by Crippen LogP contribution is 2.22. The number of carbonyl (C=O) groups excluding carboxylic acids is 1. The second-order valence-corrected chi connectivity index (χ2v) is 4.87. The number of aromatic amines is 1. The first-order valence-corrected chi connectivity index (χ1v) is 7.01. The summed E-state index contributed by atoms with van der Waals surface area (Å²) in [5, 5.41) is 6.66. The Morgan fingerprint density at radius 3 is 2.77 bits per heavy atom. The lowest BCUT2D eigenvalue weighted by atomic mass is 10.2. The summed E-state index contributed by atoms with van der Waals surface area (Å²) < 4.78 is 5.26. The van der Waals surface area contributed by atoms with Gasteiger partial charge in [-0.05, 0) is 12.1 Å². The molecule has 1 heterocycles. The molecule has 2 aromatic carbocycles. The fourth-order valence-corrected chi connectivity index (χ4v) is 2.37. The molecule has 0 bridgehead atoms. The first-order chi connectivity index (χ1) is 10.8. The highest BCUT2D eigenvalue weighted by Gasteiger charge is 2.08. The predicted octanol–water partition coefficient (Wildman–Crippen LogP) is 3.50. The molecule has 5 nitrogen and oxygen atoms in total. The molecule has 0 saturated heterocycles. The van der Waals surface area contributed by atoms with Gasteiger partial charge in [0.15, 0.2) is 0 Å². The number of amides is 2. The number of carbonyl (C=O) groups is 1. The summed E-state index contributed by atoms with van der Waals surface area (Å²) >= 11 is 0. The van der Waals surface area contributed by atoms with Crippen LogP contribution in [0, 0.1) is 0 Å². The number of para-hydroxylation sites is 2. The Morgan fingerprint density at radius 1 is 1.14 bits per heavy atom.